The Bertz CT molecular complexity index is 1260. The molecular weight excluding hydrogens is 366 g/mol. The van der Waals surface area contributed by atoms with E-state index in [0.717, 1.165) is 32.2 Å². The third kappa shape index (κ3) is 2.41. The summed E-state index contributed by atoms with van der Waals surface area (Å²) in [4.78, 5) is 24.2. The number of rotatable bonds is 4. The third-order valence-corrected chi connectivity index (χ3v) is 6.20. The van der Waals surface area contributed by atoms with Crippen LogP contribution >= 0.6 is 22.7 Å². The Labute approximate surface area is 156 Å². The summed E-state index contributed by atoms with van der Waals surface area (Å²) >= 11 is 3.03. The molecule has 4 heterocycles. The zero-order valence-corrected chi connectivity index (χ0v) is 15.6. The van der Waals surface area contributed by atoms with Crippen molar-refractivity contribution in [3.8, 4) is 0 Å². The highest BCUT2D eigenvalue weighted by atomic mass is 32.1. The second-order valence-electron chi connectivity index (χ2n) is 6.02. The van der Waals surface area contributed by atoms with E-state index in [-0.39, 0.29) is 5.91 Å². The monoisotopic (exact) mass is 381 g/mol. The molecule has 0 saturated heterocycles. The molecule has 4 aromatic heterocycles. The Morgan fingerprint density at radius 2 is 2.12 bits per heavy atom. The fourth-order valence-electron chi connectivity index (χ4n) is 3.21. The van der Waals surface area contributed by atoms with Gasteiger partial charge in [0.15, 0.2) is 4.96 Å². The van der Waals surface area contributed by atoms with Gasteiger partial charge in [0.1, 0.15) is 10.7 Å². The van der Waals surface area contributed by atoms with Gasteiger partial charge in [-0.25, -0.2) is 9.97 Å². The normalized spacial score (nSPS) is 11.7. The summed E-state index contributed by atoms with van der Waals surface area (Å²) in [7, 11) is 0. The van der Waals surface area contributed by atoms with Crippen LogP contribution in [0, 0.1) is 6.92 Å². The number of thiazole rings is 1. The number of fused-ring (bicyclic) bond motifs is 4. The van der Waals surface area contributed by atoms with E-state index in [9.17, 15) is 4.79 Å². The van der Waals surface area contributed by atoms with E-state index in [4.69, 9.17) is 0 Å². The van der Waals surface area contributed by atoms with Crippen LogP contribution in [0.3, 0.4) is 0 Å². The largest absolute Gasteiger partial charge is 0.350 e. The van der Waals surface area contributed by atoms with Crippen LogP contribution in [-0.2, 0) is 6.54 Å². The number of amides is 1. The Kier molecular flexibility index (Phi) is 3.54. The van der Waals surface area contributed by atoms with Gasteiger partial charge in [-0.05, 0) is 25.1 Å². The molecule has 0 fully saturated rings. The Morgan fingerprint density at radius 1 is 1.23 bits per heavy atom. The van der Waals surface area contributed by atoms with Crippen molar-refractivity contribution >= 4 is 54.9 Å². The summed E-state index contributed by atoms with van der Waals surface area (Å²) in [5, 5.41) is 5.01. The first-order chi connectivity index (χ1) is 12.7. The lowest BCUT2D eigenvalue weighted by atomic mass is 10.3. The molecule has 130 valence electrons. The van der Waals surface area contributed by atoms with Gasteiger partial charge in [-0.1, -0.05) is 12.1 Å². The molecule has 0 saturated carbocycles. The molecule has 0 aliphatic carbocycles. The Morgan fingerprint density at radius 3 is 3.04 bits per heavy atom. The number of aromatic nitrogens is 4. The average Bonchev–Trinajstić information content (AvgIpc) is 3.35. The van der Waals surface area contributed by atoms with Crippen LogP contribution in [0.15, 0.2) is 41.9 Å². The fourth-order valence-corrected chi connectivity index (χ4v) is 4.92. The maximum absolute atomic E-state index is 12.5. The van der Waals surface area contributed by atoms with E-state index in [0.29, 0.717) is 18.0 Å². The number of carbonyl (C=O) groups excluding carboxylic acids is 1. The van der Waals surface area contributed by atoms with Crippen molar-refractivity contribution in [2.24, 2.45) is 0 Å². The highest BCUT2D eigenvalue weighted by Gasteiger charge is 2.15. The predicted molar refractivity (Wildman–Crippen MR) is 105 cm³/mol. The van der Waals surface area contributed by atoms with Gasteiger partial charge in [-0.2, -0.15) is 0 Å². The quantitative estimate of drug-likeness (QED) is 0.516. The lowest BCUT2D eigenvalue weighted by molar-refractivity contribution is 0.0956. The number of imidazole rings is 2. The predicted octanol–water partition coefficient (Wildman–Crippen LogP) is 3.70. The van der Waals surface area contributed by atoms with Crippen LogP contribution in [0.25, 0.3) is 26.3 Å². The molecule has 0 unspecified atom stereocenters. The van der Waals surface area contributed by atoms with Crippen LogP contribution in [-0.4, -0.2) is 31.4 Å². The topological polar surface area (TPSA) is 64.2 Å². The van der Waals surface area contributed by atoms with Crippen molar-refractivity contribution in [1.29, 1.82) is 0 Å². The molecule has 1 N–H and O–H groups in total. The maximum atomic E-state index is 12.5. The highest BCUT2D eigenvalue weighted by Crippen LogP contribution is 2.28. The number of benzene rings is 1. The number of aryl methyl sites for hydroxylation is 1. The lowest BCUT2D eigenvalue weighted by Crippen LogP contribution is -2.26. The molecule has 8 heteroatoms. The minimum absolute atomic E-state index is 0.0564. The SMILES string of the molecule is Cc1nc2ccccc2n1CCNC(=O)c1cc2c(nc3sccn32)s1. The minimum atomic E-state index is -0.0564. The van der Waals surface area contributed by atoms with Gasteiger partial charge in [0.25, 0.3) is 5.91 Å². The van der Waals surface area contributed by atoms with Crippen LogP contribution in [0.2, 0.25) is 0 Å². The van der Waals surface area contributed by atoms with Crippen LogP contribution < -0.4 is 5.32 Å². The number of thiophene rings is 1. The van der Waals surface area contributed by atoms with Crippen LogP contribution in [0.1, 0.15) is 15.5 Å². The first-order valence-electron chi connectivity index (χ1n) is 8.26. The van der Waals surface area contributed by atoms with Crippen molar-refractivity contribution in [1.82, 2.24) is 24.3 Å². The average molecular weight is 381 g/mol. The van der Waals surface area contributed by atoms with E-state index in [1.165, 1.54) is 11.3 Å². The van der Waals surface area contributed by atoms with Gasteiger partial charge < -0.3 is 9.88 Å². The fraction of sp³-hybridized carbons (Fsp3) is 0.167. The standard InChI is InChI=1S/C18H15N5OS2/c1-11-20-12-4-2-3-5-13(12)22(11)7-6-19-16(24)15-10-14-17(26-15)21-18-23(14)8-9-25-18/h2-5,8-10H,6-7H2,1H3,(H,19,24). The number of nitrogens with zero attached hydrogens (tertiary/aromatic N) is 4. The van der Waals surface area contributed by atoms with E-state index < -0.39 is 0 Å². The zero-order chi connectivity index (χ0) is 17.7. The number of carbonyl (C=O) groups is 1. The molecule has 6 nitrogen and oxygen atoms in total. The van der Waals surface area contributed by atoms with Gasteiger partial charge in [0.2, 0.25) is 0 Å². The van der Waals surface area contributed by atoms with Gasteiger partial charge in [0.05, 0.1) is 21.4 Å². The minimum Gasteiger partial charge on any atom is -0.350 e. The third-order valence-electron chi connectivity index (χ3n) is 4.43. The molecular formula is C18H15N5OS2. The lowest BCUT2D eigenvalue weighted by Gasteiger charge is -2.08. The highest BCUT2D eigenvalue weighted by molar-refractivity contribution is 7.21. The van der Waals surface area contributed by atoms with Gasteiger partial charge in [-0.15, -0.1) is 22.7 Å². The molecule has 5 rings (SSSR count). The molecule has 0 atom stereocenters. The molecule has 0 aliphatic heterocycles. The molecule has 0 aliphatic rings. The summed E-state index contributed by atoms with van der Waals surface area (Å²) in [6.07, 6.45) is 1.98. The molecule has 0 spiro atoms. The van der Waals surface area contributed by atoms with Crippen molar-refractivity contribution in [3.63, 3.8) is 0 Å². The maximum Gasteiger partial charge on any atom is 0.261 e. The molecule has 5 aromatic rings. The van der Waals surface area contributed by atoms with Crippen molar-refractivity contribution in [3.05, 3.63) is 52.6 Å². The smallest absolute Gasteiger partial charge is 0.261 e. The van der Waals surface area contributed by atoms with Crippen LogP contribution in [0.5, 0.6) is 0 Å². The molecule has 26 heavy (non-hydrogen) atoms. The van der Waals surface area contributed by atoms with E-state index in [1.54, 1.807) is 11.3 Å². The van der Waals surface area contributed by atoms with Gasteiger partial charge >= 0.3 is 0 Å². The summed E-state index contributed by atoms with van der Waals surface area (Å²) < 4.78 is 4.15. The van der Waals surface area contributed by atoms with Gasteiger partial charge in [-0.3, -0.25) is 9.20 Å². The van der Waals surface area contributed by atoms with E-state index >= 15 is 0 Å². The summed E-state index contributed by atoms with van der Waals surface area (Å²) in [6, 6.07) is 9.97. The number of hydrogen-bond acceptors (Lipinski definition) is 5. The summed E-state index contributed by atoms with van der Waals surface area (Å²) in [5.41, 5.74) is 3.07. The Hall–Kier alpha value is -2.71. The first-order valence-corrected chi connectivity index (χ1v) is 9.95. The Balaban J connectivity index is 1.32. The van der Waals surface area contributed by atoms with E-state index in [1.807, 2.05) is 47.2 Å². The molecule has 0 bridgehead atoms. The van der Waals surface area contributed by atoms with Crippen molar-refractivity contribution in [2.75, 3.05) is 6.54 Å². The summed E-state index contributed by atoms with van der Waals surface area (Å²) in [5.74, 6) is 0.898. The van der Waals surface area contributed by atoms with Crippen molar-refractivity contribution < 1.29 is 4.79 Å². The van der Waals surface area contributed by atoms with E-state index in [2.05, 4.69) is 25.9 Å². The number of hydrogen-bond donors (Lipinski definition) is 1. The summed E-state index contributed by atoms with van der Waals surface area (Å²) in [6.45, 7) is 3.23. The van der Waals surface area contributed by atoms with Crippen LogP contribution in [0.4, 0.5) is 0 Å². The molecule has 1 amide bonds. The molecule has 0 radical (unpaired) electrons. The second kappa shape index (κ2) is 5.93. The van der Waals surface area contributed by atoms with Crippen molar-refractivity contribution in [2.45, 2.75) is 13.5 Å². The number of para-hydroxylation sites is 2. The first kappa shape index (κ1) is 15.5. The number of nitrogens with one attached hydrogen (secondary N) is 1. The van der Waals surface area contributed by atoms with Gasteiger partial charge in [0, 0.05) is 24.7 Å². The second-order valence-corrected chi connectivity index (χ2v) is 7.93. The zero-order valence-electron chi connectivity index (χ0n) is 14.0. The molecule has 1 aromatic carbocycles.